The zero-order valence-electron chi connectivity index (χ0n) is 7.94. The molecule has 5 heteroatoms. The number of aliphatic carboxylic acids is 1. The quantitative estimate of drug-likeness (QED) is 0.790. The van der Waals surface area contributed by atoms with Crippen molar-refractivity contribution in [1.82, 2.24) is 4.57 Å². The molecule has 0 bridgehead atoms. The van der Waals surface area contributed by atoms with Gasteiger partial charge in [0.1, 0.15) is 0 Å². The van der Waals surface area contributed by atoms with E-state index in [1.54, 1.807) is 0 Å². The number of rotatable bonds is 1. The number of pyridine rings is 1. The predicted molar refractivity (Wildman–Crippen MR) is 55.3 cm³/mol. The van der Waals surface area contributed by atoms with Crippen molar-refractivity contribution in [3.63, 3.8) is 0 Å². The minimum atomic E-state index is -0.920. The van der Waals surface area contributed by atoms with Crippen molar-refractivity contribution in [2.45, 2.75) is 25.3 Å². The lowest BCUT2D eigenvalue weighted by molar-refractivity contribution is -0.139. The molecule has 0 saturated carbocycles. The molecule has 0 aromatic carbocycles. The van der Waals surface area contributed by atoms with Crippen LogP contribution in [0.1, 0.15) is 24.5 Å². The number of halogens is 1. The molecule has 1 aromatic rings. The van der Waals surface area contributed by atoms with E-state index in [1.165, 1.54) is 16.7 Å². The molecule has 2 rings (SSSR count). The molecule has 1 atom stereocenters. The molecule has 1 unspecified atom stereocenters. The monoisotopic (exact) mass is 227 g/mol. The first-order valence-corrected chi connectivity index (χ1v) is 5.11. The fourth-order valence-corrected chi connectivity index (χ4v) is 2.28. The maximum absolute atomic E-state index is 11.5. The summed E-state index contributed by atoms with van der Waals surface area (Å²) in [6.45, 7) is 0.554. The second-order valence-corrected chi connectivity index (χ2v) is 4.00. The zero-order valence-corrected chi connectivity index (χ0v) is 8.70. The van der Waals surface area contributed by atoms with Gasteiger partial charge in [-0.3, -0.25) is 9.59 Å². The van der Waals surface area contributed by atoms with E-state index in [-0.39, 0.29) is 5.56 Å². The van der Waals surface area contributed by atoms with E-state index in [0.717, 1.165) is 0 Å². The molecular formula is C10H10ClNO3. The van der Waals surface area contributed by atoms with E-state index < -0.39 is 11.9 Å². The Balaban J connectivity index is 2.64. The summed E-state index contributed by atoms with van der Waals surface area (Å²) in [6.07, 6.45) is 1.24. The van der Waals surface area contributed by atoms with Crippen LogP contribution in [-0.2, 0) is 11.3 Å². The van der Waals surface area contributed by atoms with Gasteiger partial charge in [-0.25, -0.2) is 0 Å². The maximum Gasteiger partial charge on any atom is 0.312 e. The summed E-state index contributed by atoms with van der Waals surface area (Å²) < 4.78 is 1.46. The number of fused-ring (bicyclic) bond motifs is 1. The lowest BCUT2D eigenvalue weighted by atomic mass is 9.95. The average Bonchev–Trinajstić information content (AvgIpc) is 2.23. The van der Waals surface area contributed by atoms with Gasteiger partial charge in [-0.1, -0.05) is 11.6 Å². The van der Waals surface area contributed by atoms with Gasteiger partial charge in [0, 0.05) is 12.6 Å². The second-order valence-electron chi connectivity index (χ2n) is 3.59. The summed E-state index contributed by atoms with van der Waals surface area (Å²) in [7, 11) is 0. The normalized spacial score (nSPS) is 19.7. The molecule has 1 N–H and O–H groups in total. The fraction of sp³-hybridized carbons (Fsp3) is 0.400. The fourth-order valence-electron chi connectivity index (χ4n) is 1.98. The van der Waals surface area contributed by atoms with Crippen LogP contribution >= 0.6 is 11.6 Å². The smallest absolute Gasteiger partial charge is 0.312 e. The van der Waals surface area contributed by atoms with Gasteiger partial charge in [-0.2, -0.15) is 0 Å². The molecule has 0 aliphatic carbocycles. The Morgan fingerprint density at radius 2 is 2.27 bits per heavy atom. The number of hydrogen-bond acceptors (Lipinski definition) is 2. The number of nitrogens with zero attached hydrogens (tertiary/aromatic N) is 1. The first-order valence-electron chi connectivity index (χ1n) is 4.73. The van der Waals surface area contributed by atoms with Crippen molar-refractivity contribution in [2.24, 2.45) is 0 Å². The standard InChI is InChI=1S/C10H10ClNO3/c11-7-3-4-8(13)12-5-1-2-6(9(7)12)10(14)15/h3-4,6H,1-2,5H2,(H,14,15). The van der Waals surface area contributed by atoms with Crippen molar-refractivity contribution in [3.05, 3.63) is 33.2 Å². The summed E-state index contributed by atoms with van der Waals surface area (Å²) in [4.78, 5) is 22.5. The molecule has 80 valence electrons. The highest BCUT2D eigenvalue weighted by Gasteiger charge is 2.28. The number of carbonyl (C=O) groups is 1. The Labute approximate surface area is 91.1 Å². The minimum Gasteiger partial charge on any atom is -0.481 e. The van der Waals surface area contributed by atoms with E-state index in [9.17, 15) is 9.59 Å². The Morgan fingerprint density at radius 3 is 2.93 bits per heavy atom. The first kappa shape index (κ1) is 10.2. The summed E-state index contributed by atoms with van der Waals surface area (Å²) in [5, 5.41) is 9.39. The molecule has 1 aliphatic rings. The van der Waals surface area contributed by atoms with Gasteiger partial charge >= 0.3 is 5.97 Å². The largest absolute Gasteiger partial charge is 0.481 e. The minimum absolute atomic E-state index is 0.180. The molecule has 0 amide bonds. The number of hydrogen-bond donors (Lipinski definition) is 1. The van der Waals surface area contributed by atoms with Gasteiger partial charge in [0.05, 0.1) is 16.6 Å². The van der Waals surface area contributed by atoms with Gasteiger partial charge in [-0.05, 0) is 18.9 Å². The third-order valence-corrected chi connectivity index (χ3v) is 3.00. The molecule has 15 heavy (non-hydrogen) atoms. The second kappa shape index (κ2) is 3.70. The molecule has 0 spiro atoms. The van der Waals surface area contributed by atoms with Gasteiger partial charge < -0.3 is 9.67 Å². The highest BCUT2D eigenvalue weighted by molar-refractivity contribution is 6.31. The van der Waals surface area contributed by atoms with E-state index >= 15 is 0 Å². The van der Waals surface area contributed by atoms with Gasteiger partial charge in [0.25, 0.3) is 5.56 Å². The maximum atomic E-state index is 11.5. The van der Waals surface area contributed by atoms with Crippen molar-refractivity contribution in [2.75, 3.05) is 0 Å². The lowest BCUT2D eigenvalue weighted by Gasteiger charge is -2.24. The predicted octanol–water partition coefficient (Wildman–Crippen LogP) is 1.46. The number of carboxylic acids is 1. The van der Waals surface area contributed by atoms with Crippen molar-refractivity contribution >= 4 is 17.6 Å². The van der Waals surface area contributed by atoms with E-state index in [0.29, 0.717) is 30.1 Å². The Kier molecular flexibility index (Phi) is 2.52. The average molecular weight is 228 g/mol. The van der Waals surface area contributed by atoms with Crippen LogP contribution in [0.2, 0.25) is 5.02 Å². The van der Waals surface area contributed by atoms with E-state index in [2.05, 4.69) is 0 Å². The third-order valence-electron chi connectivity index (χ3n) is 2.68. The molecular weight excluding hydrogens is 218 g/mol. The summed E-state index contributed by atoms with van der Waals surface area (Å²) >= 11 is 5.93. The Morgan fingerprint density at radius 1 is 1.53 bits per heavy atom. The molecule has 0 fully saturated rings. The van der Waals surface area contributed by atoms with Crippen LogP contribution in [0.15, 0.2) is 16.9 Å². The van der Waals surface area contributed by atoms with Gasteiger partial charge in [0.2, 0.25) is 0 Å². The van der Waals surface area contributed by atoms with Crippen molar-refractivity contribution < 1.29 is 9.90 Å². The van der Waals surface area contributed by atoms with Crippen LogP contribution in [0, 0.1) is 0 Å². The summed E-state index contributed by atoms with van der Waals surface area (Å²) in [5.74, 6) is -1.57. The lowest BCUT2D eigenvalue weighted by Crippen LogP contribution is -2.31. The molecule has 4 nitrogen and oxygen atoms in total. The zero-order chi connectivity index (χ0) is 11.0. The SMILES string of the molecule is O=C(O)C1CCCn2c1c(Cl)ccc2=O. The van der Waals surface area contributed by atoms with Gasteiger partial charge in [-0.15, -0.1) is 0 Å². The van der Waals surface area contributed by atoms with Crippen LogP contribution in [0.3, 0.4) is 0 Å². The Hall–Kier alpha value is -1.29. The van der Waals surface area contributed by atoms with Crippen molar-refractivity contribution in [1.29, 1.82) is 0 Å². The molecule has 0 saturated heterocycles. The topological polar surface area (TPSA) is 59.3 Å². The Bertz CT molecular complexity index is 466. The highest BCUT2D eigenvalue weighted by atomic mass is 35.5. The van der Waals surface area contributed by atoms with Crippen molar-refractivity contribution in [3.8, 4) is 0 Å². The summed E-state index contributed by atoms with van der Waals surface area (Å²) in [5.41, 5.74) is 0.267. The van der Waals surface area contributed by atoms with E-state index in [1.807, 2.05) is 0 Å². The van der Waals surface area contributed by atoms with Gasteiger partial charge in [0.15, 0.2) is 0 Å². The van der Waals surface area contributed by atoms with Crippen LogP contribution in [0.5, 0.6) is 0 Å². The highest BCUT2D eigenvalue weighted by Crippen LogP contribution is 2.31. The molecule has 1 aromatic heterocycles. The summed E-state index contributed by atoms with van der Waals surface area (Å²) in [6, 6.07) is 2.84. The van der Waals surface area contributed by atoms with Crippen LogP contribution in [0.4, 0.5) is 0 Å². The first-order chi connectivity index (χ1) is 7.11. The number of aromatic nitrogens is 1. The molecule has 1 aliphatic heterocycles. The third kappa shape index (κ3) is 1.65. The van der Waals surface area contributed by atoms with Crippen LogP contribution in [-0.4, -0.2) is 15.6 Å². The van der Waals surface area contributed by atoms with E-state index in [4.69, 9.17) is 16.7 Å². The van der Waals surface area contributed by atoms with Crippen LogP contribution < -0.4 is 5.56 Å². The molecule has 0 radical (unpaired) electrons. The van der Waals surface area contributed by atoms with Crippen LogP contribution in [0.25, 0.3) is 0 Å². The number of carboxylic acid groups (broad SMARTS) is 1. The molecule has 2 heterocycles.